The molecule has 1 atom stereocenters. The van der Waals surface area contributed by atoms with E-state index in [4.69, 9.17) is 14.2 Å². The molecule has 1 aliphatic rings. The molecule has 1 fully saturated rings. The number of anilines is 1. The standard InChI is InChI=1S/C20H30N2O6S/c1-5-27-19(24)16-14(3)17(20(25)28-10-9-26-4)29-18(16)21-15(23)12-22-8-6-7-13(2)11-22/h13H,5-12H2,1-4H3,(H,21,23). The summed E-state index contributed by atoms with van der Waals surface area (Å²) in [5.41, 5.74) is 0.647. The number of hydrogen-bond acceptors (Lipinski definition) is 8. The van der Waals surface area contributed by atoms with Gasteiger partial charge in [0.1, 0.15) is 16.5 Å². The molecule has 0 spiro atoms. The van der Waals surface area contributed by atoms with Gasteiger partial charge in [-0.2, -0.15) is 0 Å². The van der Waals surface area contributed by atoms with E-state index in [0.717, 1.165) is 30.8 Å². The van der Waals surface area contributed by atoms with Gasteiger partial charge in [0.15, 0.2) is 0 Å². The summed E-state index contributed by atoms with van der Waals surface area (Å²) in [5, 5.41) is 3.11. The minimum Gasteiger partial charge on any atom is -0.462 e. The van der Waals surface area contributed by atoms with E-state index in [9.17, 15) is 14.4 Å². The molecule has 0 bridgehead atoms. The van der Waals surface area contributed by atoms with Crippen LogP contribution >= 0.6 is 11.3 Å². The van der Waals surface area contributed by atoms with Crippen molar-refractivity contribution in [2.24, 2.45) is 5.92 Å². The predicted molar refractivity (Wildman–Crippen MR) is 111 cm³/mol. The third kappa shape index (κ3) is 6.52. The average Bonchev–Trinajstić information content (AvgIpc) is 2.98. The monoisotopic (exact) mass is 426 g/mol. The average molecular weight is 427 g/mol. The van der Waals surface area contributed by atoms with Gasteiger partial charge in [-0.3, -0.25) is 9.69 Å². The number of methoxy groups -OCH3 is 1. The van der Waals surface area contributed by atoms with Crippen LogP contribution in [0.1, 0.15) is 52.3 Å². The lowest BCUT2D eigenvalue weighted by Crippen LogP contribution is -2.39. The van der Waals surface area contributed by atoms with E-state index in [0.29, 0.717) is 16.5 Å². The van der Waals surface area contributed by atoms with Crippen molar-refractivity contribution in [3.63, 3.8) is 0 Å². The molecule has 2 heterocycles. The number of hydrogen-bond donors (Lipinski definition) is 1. The van der Waals surface area contributed by atoms with Gasteiger partial charge in [-0.15, -0.1) is 11.3 Å². The molecule has 1 aromatic heterocycles. The van der Waals surface area contributed by atoms with Crippen molar-refractivity contribution >= 4 is 34.2 Å². The maximum absolute atomic E-state index is 12.6. The molecule has 0 saturated carbocycles. The quantitative estimate of drug-likeness (QED) is 0.479. The van der Waals surface area contributed by atoms with Crippen molar-refractivity contribution in [2.75, 3.05) is 51.9 Å². The molecule has 0 radical (unpaired) electrons. The summed E-state index contributed by atoms with van der Waals surface area (Å²) < 4.78 is 15.2. The van der Waals surface area contributed by atoms with Crippen LogP contribution in [0.3, 0.4) is 0 Å². The zero-order chi connectivity index (χ0) is 21.4. The van der Waals surface area contributed by atoms with E-state index in [1.54, 1.807) is 13.8 Å². The Morgan fingerprint density at radius 2 is 1.97 bits per heavy atom. The van der Waals surface area contributed by atoms with Gasteiger partial charge < -0.3 is 19.5 Å². The van der Waals surface area contributed by atoms with E-state index < -0.39 is 11.9 Å². The second-order valence-corrected chi connectivity index (χ2v) is 8.16. The third-order valence-corrected chi connectivity index (χ3v) is 5.88. The van der Waals surface area contributed by atoms with Crippen LogP contribution in [0.4, 0.5) is 5.00 Å². The van der Waals surface area contributed by atoms with Gasteiger partial charge in [0, 0.05) is 13.7 Å². The van der Waals surface area contributed by atoms with Crippen LogP contribution in [-0.4, -0.2) is 69.3 Å². The molecule has 1 aliphatic heterocycles. The van der Waals surface area contributed by atoms with Crippen molar-refractivity contribution in [1.29, 1.82) is 0 Å². The zero-order valence-corrected chi connectivity index (χ0v) is 18.4. The number of thiophene rings is 1. The molecule has 1 N–H and O–H groups in total. The second kappa shape index (κ2) is 11.3. The van der Waals surface area contributed by atoms with Gasteiger partial charge >= 0.3 is 11.9 Å². The molecule has 0 aliphatic carbocycles. The largest absolute Gasteiger partial charge is 0.462 e. The van der Waals surface area contributed by atoms with Crippen LogP contribution in [0.15, 0.2) is 0 Å². The lowest BCUT2D eigenvalue weighted by atomic mass is 10.0. The fourth-order valence-electron chi connectivity index (χ4n) is 3.33. The highest BCUT2D eigenvalue weighted by atomic mass is 32.1. The summed E-state index contributed by atoms with van der Waals surface area (Å²) in [6.45, 7) is 8.11. The SMILES string of the molecule is CCOC(=O)c1c(NC(=O)CN2CCCC(C)C2)sc(C(=O)OCCOC)c1C. The van der Waals surface area contributed by atoms with Crippen molar-refractivity contribution in [3.05, 3.63) is 16.0 Å². The van der Waals surface area contributed by atoms with Crippen molar-refractivity contribution in [2.45, 2.75) is 33.6 Å². The van der Waals surface area contributed by atoms with Crippen LogP contribution in [-0.2, 0) is 19.0 Å². The number of rotatable bonds is 9. The number of amides is 1. The zero-order valence-electron chi connectivity index (χ0n) is 17.5. The van der Waals surface area contributed by atoms with Crippen LogP contribution < -0.4 is 5.32 Å². The molecule has 29 heavy (non-hydrogen) atoms. The van der Waals surface area contributed by atoms with Crippen LogP contribution in [0.2, 0.25) is 0 Å². The van der Waals surface area contributed by atoms with Gasteiger partial charge in [-0.05, 0) is 44.7 Å². The molecule has 8 nitrogen and oxygen atoms in total. The Balaban J connectivity index is 2.17. The minimum atomic E-state index is -0.570. The molecular weight excluding hydrogens is 396 g/mol. The number of nitrogens with zero attached hydrogens (tertiary/aromatic N) is 1. The number of carbonyl (C=O) groups excluding carboxylic acids is 3. The second-order valence-electron chi connectivity index (χ2n) is 7.14. The lowest BCUT2D eigenvalue weighted by Gasteiger charge is -2.30. The number of nitrogens with one attached hydrogen (secondary N) is 1. The van der Waals surface area contributed by atoms with E-state index in [1.807, 2.05) is 0 Å². The summed E-state index contributed by atoms with van der Waals surface area (Å²) in [5.74, 6) is -0.783. The molecule has 9 heteroatoms. The molecule has 2 rings (SSSR count). The number of carbonyl (C=O) groups is 3. The number of piperidine rings is 1. The topological polar surface area (TPSA) is 94.2 Å². The Bertz CT molecular complexity index is 733. The Hall–Kier alpha value is -1.97. The molecular formula is C20H30N2O6S. The maximum Gasteiger partial charge on any atom is 0.348 e. The Kier molecular flexibility index (Phi) is 9.06. The van der Waals surface area contributed by atoms with Gasteiger partial charge in [-0.1, -0.05) is 6.92 Å². The lowest BCUT2D eigenvalue weighted by molar-refractivity contribution is -0.117. The Morgan fingerprint density at radius 1 is 1.21 bits per heavy atom. The Labute approximate surface area is 175 Å². The molecule has 1 saturated heterocycles. The van der Waals surface area contributed by atoms with Crippen molar-refractivity contribution in [3.8, 4) is 0 Å². The van der Waals surface area contributed by atoms with Crippen LogP contribution in [0, 0.1) is 12.8 Å². The normalized spacial score (nSPS) is 17.0. The first-order valence-corrected chi connectivity index (χ1v) is 10.7. The fourth-order valence-corrected chi connectivity index (χ4v) is 4.43. The fraction of sp³-hybridized carbons (Fsp3) is 0.650. The summed E-state index contributed by atoms with van der Waals surface area (Å²) in [6.07, 6.45) is 2.24. The van der Waals surface area contributed by atoms with E-state index in [-0.39, 0.29) is 42.7 Å². The van der Waals surface area contributed by atoms with Gasteiger partial charge in [0.25, 0.3) is 0 Å². The maximum atomic E-state index is 12.6. The van der Waals surface area contributed by atoms with Gasteiger partial charge in [-0.25, -0.2) is 9.59 Å². The molecule has 162 valence electrons. The summed E-state index contributed by atoms with van der Waals surface area (Å²) in [7, 11) is 1.51. The number of likely N-dealkylation sites (tertiary alicyclic amines) is 1. The van der Waals surface area contributed by atoms with Gasteiger partial charge in [0.05, 0.1) is 25.3 Å². The van der Waals surface area contributed by atoms with Crippen LogP contribution in [0.25, 0.3) is 0 Å². The molecule has 0 aromatic carbocycles. The minimum absolute atomic E-state index is 0.107. The smallest absolute Gasteiger partial charge is 0.348 e. The molecule has 1 aromatic rings. The third-order valence-electron chi connectivity index (χ3n) is 4.69. The summed E-state index contributed by atoms with van der Waals surface area (Å²) in [4.78, 5) is 39.8. The van der Waals surface area contributed by atoms with Gasteiger partial charge in [0.2, 0.25) is 5.91 Å². The summed E-state index contributed by atoms with van der Waals surface area (Å²) >= 11 is 1.03. The molecule has 1 unspecified atom stereocenters. The molecule has 1 amide bonds. The summed E-state index contributed by atoms with van der Waals surface area (Å²) in [6, 6.07) is 0. The van der Waals surface area contributed by atoms with Crippen molar-refractivity contribution < 1.29 is 28.6 Å². The predicted octanol–water partition coefficient (Wildman–Crippen LogP) is 2.71. The van der Waals surface area contributed by atoms with Crippen LogP contribution in [0.5, 0.6) is 0 Å². The first-order chi connectivity index (χ1) is 13.9. The highest BCUT2D eigenvalue weighted by Crippen LogP contribution is 2.34. The van der Waals surface area contributed by atoms with E-state index in [2.05, 4.69) is 17.1 Å². The highest BCUT2D eigenvalue weighted by Gasteiger charge is 2.28. The van der Waals surface area contributed by atoms with E-state index in [1.165, 1.54) is 13.5 Å². The highest BCUT2D eigenvalue weighted by molar-refractivity contribution is 7.18. The van der Waals surface area contributed by atoms with Crippen molar-refractivity contribution in [1.82, 2.24) is 4.90 Å². The first-order valence-electron chi connectivity index (χ1n) is 9.86. The number of esters is 2. The number of ether oxygens (including phenoxy) is 3. The first kappa shape index (κ1) is 23.3. The van der Waals surface area contributed by atoms with E-state index >= 15 is 0 Å². The Morgan fingerprint density at radius 3 is 2.62 bits per heavy atom.